The van der Waals surface area contributed by atoms with Crippen LogP contribution in [0.3, 0.4) is 0 Å². The van der Waals surface area contributed by atoms with E-state index in [9.17, 15) is 9.59 Å². The largest absolute Gasteiger partial charge is 0.480 e. The van der Waals surface area contributed by atoms with Gasteiger partial charge in [0.2, 0.25) is 0 Å². The summed E-state index contributed by atoms with van der Waals surface area (Å²) in [5.41, 5.74) is 0.153. The van der Waals surface area contributed by atoms with Gasteiger partial charge >= 0.3 is 5.97 Å². The summed E-state index contributed by atoms with van der Waals surface area (Å²) >= 11 is 5.75. The molecule has 7 heteroatoms. The third-order valence-electron chi connectivity index (χ3n) is 2.83. The molecule has 6 nitrogen and oxygen atoms in total. The fourth-order valence-electron chi connectivity index (χ4n) is 1.99. The standard InChI is InChI=1S/C10H11ClN2O4/c1-5-7(8(11)12-17-5)9(14)13-4-2-3-6(13)10(15)16/h6H,2-4H2,1H3,(H,15,16). The monoisotopic (exact) mass is 258 g/mol. The van der Waals surface area contributed by atoms with Crippen molar-refractivity contribution in [2.75, 3.05) is 6.54 Å². The maximum absolute atomic E-state index is 12.1. The number of aliphatic carboxylic acids is 1. The predicted molar refractivity (Wildman–Crippen MR) is 57.9 cm³/mol. The van der Waals surface area contributed by atoms with Gasteiger partial charge in [0.25, 0.3) is 5.91 Å². The molecule has 0 radical (unpaired) electrons. The minimum absolute atomic E-state index is 0.0245. The minimum Gasteiger partial charge on any atom is -0.480 e. The number of hydrogen-bond donors (Lipinski definition) is 1. The number of hydrogen-bond acceptors (Lipinski definition) is 4. The summed E-state index contributed by atoms with van der Waals surface area (Å²) < 4.78 is 4.79. The maximum Gasteiger partial charge on any atom is 0.326 e. The van der Waals surface area contributed by atoms with Crippen LogP contribution in [-0.2, 0) is 4.79 Å². The van der Waals surface area contributed by atoms with Crippen LogP contribution < -0.4 is 0 Å². The SMILES string of the molecule is Cc1onc(Cl)c1C(=O)N1CCCC1C(=O)O. The number of carbonyl (C=O) groups is 2. The Morgan fingerprint density at radius 3 is 2.82 bits per heavy atom. The van der Waals surface area contributed by atoms with Crippen molar-refractivity contribution in [3.8, 4) is 0 Å². The number of aromatic nitrogens is 1. The van der Waals surface area contributed by atoms with Crippen molar-refractivity contribution in [2.24, 2.45) is 0 Å². The summed E-state index contributed by atoms with van der Waals surface area (Å²) in [4.78, 5) is 24.4. The molecule has 1 aliphatic rings. The molecule has 1 aromatic heterocycles. The summed E-state index contributed by atoms with van der Waals surface area (Å²) in [7, 11) is 0. The maximum atomic E-state index is 12.1. The lowest BCUT2D eigenvalue weighted by molar-refractivity contribution is -0.141. The highest BCUT2D eigenvalue weighted by Gasteiger charge is 2.36. The van der Waals surface area contributed by atoms with E-state index in [2.05, 4.69) is 5.16 Å². The number of nitrogens with zero attached hydrogens (tertiary/aromatic N) is 2. The van der Waals surface area contributed by atoms with Gasteiger partial charge in [-0.1, -0.05) is 16.8 Å². The normalized spacial score (nSPS) is 19.6. The molecule has 0 spiro atoms. The Morgan fingerprint density at radius 2 is 2.29 bits per heavy atom. The number of halogens is 1. The van der Waals surface area contributed by atoms with Crippen molar-refractivity contribution in [3.05, 3.63) is 16.5 Å². The van der Waals surface area contributed by atoms with Gasteiger partial charge < -0.3 is 14.5 Å². The van der Waals surface area contributed by atoms with Gasteiger partial charge in [-0.2, -0.15) is 0 Å². The van der Waals surface area contributed by atoms with Crippen LogP contribution in [0.2, 0.25) is 5.15 Å². The second-order valence-corrected chi connectivity index (χ2v) is 4.26. The number of amides is 1. The first-order valence-corrected chi connectivity index (χ1v) is 5.55. The van der Waals surface area contributed by atoms with E-state index in [4.69, 9.17) is 21.2 Å². The Labute approximate surface area is 102 Å². The van der Waals surface area contributed by atoms with E-state index in [0.29, 0.717) is 25.1 Å². The van der Waals surface area contributed by atoms with Gasteiger partial charge in [0, 0.05) is 6.54 Å². The van der Waals surface area contributed by atoms with Crippen LogP contribution in [0.1, 0.15) is 29.0 Å². The van der Waals surface area contributed by atoms with Gasteiger partial charge in [0.15, 0.2) is 5.15 Å². The molecule has 0 bridgehead atoms. The van der Waals surface area contributed by atoms with Crippen molar-refractivity contribution < 1.29 is 19.2 Å². The summed E-state index contributed by atoms with van der Waals surface area (Å²) in [6.45, 7) is 1.98. The first kappa shape index (κ1) is 11.9. The highest BCUT2D eigenvalue weighted by molar-refractivity contribution is 6.32. The Bertz CT molecular complexity index is 451. The molecule has 1 aromatic rings. The van der Waals surface area contributed by atoms with Gasteiger partial charge in [0.05, 0.1) is 0 Å². The van der Waals surface area contributed by atoms with E-state index >= 15 is 0 Å². The fraction of sp³-hybridized carbons (Fsp3) is 0.500. The Balaban J connectivity index is 2.29. The molecular weight excluding hydrogens is 248 g/mol. The topological polar surface area (TPSA) is 83.6 Å². The van der Waals surface area contributed by atoms with Crippen LogP contribution in [0.25, 0.3) is 0 Å². The summed E-state index contributed by atoms with van der Waals surface area (Å²) in [6, 6.07) is -0.784. The number of carbonyl (C=O) groups excluding carboxylic acids is 1. The van der Waals surface area contributed by atoms with Crippen LogP contribution in [0.15, 0.2) is 4.52 Å². The van der Waals surface area contributed by atoms with Crippen LogP contribution >= 0.6 is 11.6 Å². The molecule has 1 amide bonds. The summed E-state index contributed by atoms with van der Waals surface area (Å²) in [5.74, 6) is -1.13. The molecule has 17 heavy (non-hydrogen) atoms. The molecule has 0 aromatic carbocycles. The van der Waals surface area contributed by atoms with Crippen LogP contribution in [0.4, 0.5) is 0 Å². The average Bonchev–Trinajstić information content (AvgIpc) is 2.85. The number of likely N-dealkylation sites (tertiary alicyclic amines) is 1. The molecule has 92 valence electrons. The Morgan fingerprint density at radius 1 is 1.59 bits per heavy atom. The van der Waals surface area contributed by atoms with E-state index < -0.39 is 17.9 Å². The molecule has 1 N–H and O–H groups in total. The van der Waals surface area contributed by atoms with E-state index in [1.165, 1.54) is 4.90 Å². The van der Waals surface area contributed by atoms with Crippen LogP contribution in [-0.4, -0.2) is 39.6 Å². The first-order chi connectivity index (χ1) is 8.02. The Kier molecular flexibility index (Phi) is 3.06. The van der Waals surface area contributed by atoms with Crippen molar-refractivity contribution in [3.63, 3.8) is 0 Å². The fourth-order valence-corrected chi connectivity index (χ4v) is 2.24. The zero-order chi connectivity index (χ0) is 12.6. The molecule has 2 rings (SSSR count). The first-order valence-electron chi connectivity index (χ1n) is 5.18. The van der Waals surface area contributed by atoms with Crippen molar-refractivity contribution in [2.45, 2.75) is 25.8 Å². The average molecular weight is 259 g/mol. The third-order valence-corrected chi connectivity index (χ3v) is 3.09. The molecule has 0 saturated carbocycles. The molecular formula is C10H11ClN2O4. The van der Waals surface area contributed by atoms with Crippen molar-refractivity contribution in [1.29, 1.82) is 0 Å². The van der Waals surface area contributed by atoms with Gasteiger partial charge in [-0.3, -0.25) is 4.79 Å². The minimum atomic E-state index is -0.999. The molecule has 0 aliphatic carbocycles. The Hall–Kier alpha value is -1.56. The van der Waals surface area contributed by atoms with E-state index in [-0.39, 0.29) is 10.7 Å². The summed E-state index contributed by atoms with van der Waals surface area (Å²) in [5, 5.41) is 12.5. The van der Waals surface area contributed by atoms with Gasteiger partial charge in [-0.15, -0.1) is 0 Å². The molecule has 1 unspecified atom stereocenters. The van der Waals surface area contributed by atoms with Crippen molar-refractivity contribution in [1.82, 2.24) is 10.1 Å². The number of carboxylic acid groups (broad SMARTS) is 1. The smallest absolute Gasteiger partial charge is 0.326 e. The van der Waals surface area contributed by atoms with Crippen LogP contribution in [0.5, 0.6) is 0 Å². The quantitative estimate of drug-likeness (QED) is 0.865. The number of aryl methyl sites for hydroxylation is 1. The molecule has 1 aliphatic heterocycles. The molecule has 1 saturated heterocycles. The molecule has 1 fully saturated rings. The van der Waals surface area contributed by atoms with Crippen molar-refractivity contribution >= 4 is 23.5 Å². The number of carboxylic acids is 1. The molecule has 2 heterocycles. The van der Waals surface area contributed by atoms with Gasteiger partial charge in [0.1, 0.15) is 17.4 Å². The third kappa shape index (κ3) is 2.00. The lowest BCUT2D eigenvalue weighted by Gasteiger charge is -2.20. The highest BCUT2D eigenvalue weighted by Crippen LogP contribution is 2.25. The van der Waals surface area contributed by atoms with Crippen LogP contribution in [0, 0.1) is 6.92 Å². The summed E-state index contributed by atoms with van der Waals surface area (Å²) in [6.07, 6.45) is 1.13. The second kappa shape index (κ2) is 4.37. The second-order valence-electron chi connectivity index (χ2n) is 3.90. The lowest BCUT2D eigenvalue weighted by Crippen LogP contribution is -2.40. The van der Waals surface area contributed by atoms with E-state index in [0.717, 1.165) is 0 Å². The zero-order valence-corrected chi connectivity index (χ0v) is 9.90. The van der Waals surface area contributed by atoms with E-state index in [1.54, 1.807) is 6.92 Å². The molecule has 1 atom stereocenters. The van der Waals surface area contributed by atoms with E-state index in [1.807, 2.05) is 0 Å². The number of rotatable bonds is 2. The lowest BCUT2D eigenvalue weighted by atomic mass is 10.2. The zero-order valence-electron chi connectivity index (χ0n) is 9.14. The van der Waals surface area contributed by atoms with Gasteiger partial charge in [-0.25, -0.2) is 4.79 Å². The predicted octanol–water partition coefficient (Wildman–Crippen LogP) is 1.33. The highest BCUT2D eigenvalue weighted by atomic mass is 35.5. The van der Waals surface area contributed by atoms with Gasteiger partial charge in [-0.05, 0) is 19.8 Å².